The molecular weight excluding hydrogens is 559 g/mol. The van der Waals surface area contributed by atoms with Crippen molar-refractivity contribution in [1.82, 2.24) is 0 Å². The molecule has 8 fully saturated rings. The van der Waals surface area contributed by atoms with Crippen LogP contribution in [-0.4, -0.2) is 17.5 Å². The Hall–Kier alpha value is -1.65. The summed E-state index contributed by atoms with van der Waals surface area (Å²) in [5.74, 6) is 10.5. The van der Waals surface area contributed by atoms with E-state index in [2.05, 4.69) is 86.7 Å². The minimum Gasteiger partial charge on any atom is -0.0947 e. The summed E-state index contributed by atoms with van der Waals surface area (Å²) in [5, 5.41) is 0. The fourth-order valence-electron chi connectivity index (χ4n) is 13.4. The average Bonchev–Trinajstić information content (AvgIpc) is 3.40. The third-order valence-corrected chi connectivity index (χ3v) is 18.7. The maximum Gasteiger partial charge on any atom is -0.000817 e. The Morgan fingerprint density at radius 3 is 1.49 bits per heavy atom. The SMILES string of the molecule is CC(CC1=C(CP(C2C3CC4CC(C3)CC2C4)C2C3CC4CC(C3)CC2C4)C=CC1CC(C)c1ccccc1)c1ccccc1. The zero-order valence-electron chi connectivity index (χ0n) is 28.1. The Morgan fingerprint density at radius 1 is 0.578 bits per heavy atom. The van der Waals surface area contributed by atoms with E-state index in [0.717, 1.165) is 58.7 Å². The fraction of sp³-hybridized carbons (Fsp3) is 0.636. The highest BCUT2D eigenvalue weighted by Crippen LogP contribution is 2.71. The first kappa shape index (κ1) is 29.5. The Balaban J connectivity index is 1.06. The van der Waals surface area contributed by atoms with Gasteiger partial charge in [0.1, 0.15) is 0 Å². The van der Waals surface area contributed by atoms with Crippen LogP contribution in [0.1, 0.15) is 114 Å². The van der Waals surface area contributed by atoms with Crippen molar-refractivity contribution in [2.24, 2.45) is 53.3 Å². The highest BCUT2D eigenvalue weighted by Gasteiger charge is 2.56. The largest absolute Gasteiger partial charge is 0.0947 e. The summed E-state index contributed by atoms with van der Waals surface area (Å²) < 4.78 is 0. The van der Waals surface area contributed by atoms with Gasteiger partial charge in [-0.25, -0.2) is 0 Å². The summed E-state index contributed by atoms with van der Waals surface area (Å²) in [6, 6.07) is 22.8. The van der Waals surface area contributed by atoms with Crippen molar-refractivity contribution in [1.29, 1.82) is 0 Å². The predicted molar refractivity (Wildman–Crippen MR) is 192 cm³/mol. The van der Waals surface area contributed by atoms with Crippen LogP contribution in [0.4, 0.5) is 0 Å². The zero-order chi connectivity index (χ0) is 30.1. The fourth-order valence-corrected chi connectivity index (χ4v) is 18.0. The van der Waals surface area contributed by atoms with Gasteiger partial charge in [0.2, 0.25) is 0 Å². The molecule has 3 unspecified atom stereocenters. The van der Waals surface area contributed by atoms with Gasteiger partial charge in [0.15, 0.2) is 0 Å². The van der Waals surface area contributed by atoms with Crippen LogP contribution in [-0.2, 0) is 0 Å². The lowest BCUT2D eigenvalue weighted by atomic mass is 9.55. The van der Waals surface area contributed by atoms with Crippen LogP contribution in [0.3, 0.4) is 0 Å². The topological polar surface area (TPSA) is 0 Å². The predicted octanol–water partition coefficient (Wildman–Crippen LogP) is 12.0. The van der Waals surface area contributed by atoms with Gasteiger partial charge in [-0.3, -0.25) is 0 Å². The summed E-state index contributed by atoms with van der Waals surface area (Å²) in [7, 11) is 0.0303. The molecular formula is C44H57P. The van der Waals surface area contributed by atoms with E-state index >= 15 is 0 Å². The van der Waals surface area contributed by atoms with Crippen molar-refractivity contribution >= 4 is 7.92 Å². The number of rotatable bonds is 10. The Kier molecular flexibility index (Phi) is 7.93. The molecule has 0 spiro atoms. The van der Waals surface area contributed by atoms with E-state index in [0.29, 0.717) is 17.8 Å². The molecule has 3 atom stereocenters. The number of benzene rings is 2. The third-order valence-electron chi connectivity index (χ3n) is 14.7. The van der Waals surface area contributed by atoms with Crippen LogP contribution in [0.5, 0.6) is 0 Å². The van der Waals surface area contributed by atoms with E-state index in [4.69, 9.17) is 0 Å². The van der Waals surface area contributed by atoms with Gasteiger partial charge < -0.3 is 0 Å². The second-order valence-corrected chi connectivity index (χ2v) is 20.1. The highest BCUT2D eigenvalue weighted by molar-refractivity contribution is 7.59. The molecule has 238 valence electrons. The van der Waals surface area contributed by atoms with Crippen molar-refractivity contribution in [3.8, 4) is 0 Å². The zero-order valence-corrected chi connectivity index (χ0v) is 29.0. The Morgan fingerprint density at radius 2 is 1.02 bits per heavy atom. The van der Waals surface area contributed by atoms with Crippen LogP contribution in [0, 0.1) is 53.3 Å². The maximum atomic E-state index is 2.71. The first-order valence-electron chi connectivity index (χ1n) is 19.3. The minimum absolute atomic E-state index is 0.0303. The van der Waals surface area contributed by atoms with E-state index in [1.807, 2.05) is 11.1 Å². The van der Waals surface area contributed by atoms with Gasteiger partial charge in [0, 0.05) is 0 Å². The second kappa shape index (κ2) is 12.1. The van der Waals surface area contributed by atoms with E-state index < -0.39 is 0 Å². The van der Waals surface area contributed by atoms with E-state index in [-0.39, 0.29) is 7.92 Å². The first-order valence-corrected chi connectivity index (χ1v) is 21.0. The first-order chi connectivity index (χ1) is 22.1. The standard InChI is InChI=1S/C44H57P/c1-28(34-9-5-3-6-10-34)15-36-13-14-37(42(36)16-29(2)35-11-7-4-8-12-35)27-45(43-38-19-30-17-31(21-38)22-39(43)20-30)44-40-23-32-18-33(25-40)26-41(44)24-32/h3-14,28-33,36,38-41,43-44H,15-27H2,1-2H3. The molecule has 0 heterocycles. The van der Waals surface area contributed by atoms with Gasteiger partial charge in [-0.2, -0.15) is 0 Å². The summed E-state index contributed by atoms with van der Waals surface area (Å²) in [6.07, 6.45) is 25.4. The number of allylic oxidation sites excluding steroid dienone is 4. The number of hydrogen-bond donors (Lipinski definition) is 0. The summed E-state index contributed by atoms with van der Waals surface area (Å²) in [4.78, 5) is 0. The lowest BCUT2D eigenvalue weighted by Gasteiger charge is -2.62. The third kappa shape index (κ3) is 5.56. The lowest BCUT2D eigenvalue weighted by molar-refractivity contribution is 0.0131. The molecule has 1 heteroatoms. The van der Waals surface area contributed by atoms with Gasteiger partial charge in [-0.1, -0.05) is 100 Å². The van der Waals surface area contributed by atoms with Crippen molar-refractivity contribution in [3.63, 3.8) is 0 Å². The molecule has 9 aliphatic rings. The summed E-state index contributed by atoms with van der Waals surface area (Å²) >= 11 is 0. The van der Waals surface area contributed by atoms with Gasteiger partial charge in [0.05, 0.1) is 0 Å². The van der Waals surface area contributed by atoms with Gasteiger partial charge >= 0.3 is 0 Å². The lowest BCUT2D eigenvalue weighted by Crippen LogP contribution is -2.53. The normalized spacial score (nSPS) is 41.2. The molecule has 0 aliphatic heterocycles. The monoisotopic (exact) mass is 616 g/mol. The van der Waals surface area contributed by atoms with Crippen LogP contribution >= 0.6 is 7.92 Å². The maximum absolute atomic E-state index is 2.71. The van der Waals surface area contributed by atoms with E-state index in [1.165, 1.54) is 30.1 Å². The van der Waals surface area contributed by atoms with Crippen molar-refractivity contribution in [2.75, 3.05) is 6.16 Å². The molecule has 0 N–H and O–H groups in total. The van der Waals surface area contributed by atoms with Gasteiger partial charge in [0.25, 0.3) is 0 Å². The molecule has 8 saturated carbocycles. The number of hydrogen-bond acceptors (Lipinski definition) is 0. The van der Waals surface area contributed by atoms with E-state index in [9.17, 15) is 0 Å². The molecule has 0 amide bonds. The van der Waals surface area contributed by atoms with Crippen molar-refractivity contribution < 1.29 is 0 Å². The molecule has 0 radical (unpaired) electrons. The molecule has 0 nitrogen and oxygen atoms in total. The van der Waals surface area contributed by atoms with Crippen LogP contribution in [0.25, 0.3) is 0 Å². The Bertz CT molecular complexity index is 1300. The van der Waals surface area contributed by atoms with Gasteiger partial charge in [-0.05, 0) is 176 Å². The van der Waals surface area contributed by atoms with Gasteiger partial charge in [-0.15, -0.1) is 0 Å². The molecule has 0 saturated heterocycles. The Labute approximate surface area is 275 Å². The molecule has 2 aromatic rings. The van der Waals surface area contributed by atoms with Crippen LogP contribution in [0.2, 0.25) is 0 Å². The van der Waals surface area contributed by atoms with Crippen molar-refractivity contribution in [3.05, 3.63) is 95.1 Å². The molecule has 0 aromatic heterocycles. The average molecular weight is 617 g/mol. The van der Waals surface area contributed by atoms with Crippen LogP contribution < -0.4 is 0 Å². The van der Waals surface area contributed by atoms with E-state index in [1.54, 1.807) is 64.2 Å². The van der Waals surface area contributed by atoms with Crippen molar-refractivity contribution in [2.45, 2.75) is 114 Å². The second-order valence-electron chi connectivity index (χ2n) is 17.6. The minimum atomic E-state index is 0.0303. The summed E-state index contributed by atoms with van der Waals surface area (Å²) in [5.41, 5.74) is 8.89. The van der Waals surface area contributed by atoms with Crippen LogP contribution in [0.15, 0.2) is 84.0 Å². The quantitative estimate of drug-likeness (QED) is 0.233. The highest BCUT2D eigenvalue weighted by atomic mass is 31.1. The molecule has 2 aromatic carbocycles. The smallest absolute Gasteiger partial charge is 0.000817 e. The molecule has 9 aliphatic carbocycles. The molecule has 8 bridgehead atoms. The molecule has 45 heavy (non-hydrogen) atoms. The molecule has 11 rings (SSSR count). The summed E-state index contributed by atoms with van der Waals surface area (Å²) in [6.45, 7) is 4.99.